The second-order valence-electron chi connectivity index (χ2n) is 11.1. The van der Waals surface area contributed by atoms with E-state index >= 15 is 0 Å². The second-order valence-corrected chi connectivity index (χ2v) is 11.1. The third kappa shape index (κ3) is 4.38. The summed E-state index contributed by atoms with van der Waals surface area (Å²) in [6, 6.07) is 23.5. The Morgan fingerprint density at radius 2 is 0.867 bits per heavy atom. The fourth-order valence-electron chi connectivity index (χ4n) is 4.58. The highest BCUT2D eigenvalue weighted by Gasteiger charge is 2.20. The topological polar surface area (TPSA) is 0 Å². The van der Waals surface area contributed by atoms with E-state index in [1.54, 1.807) is 0 Å². The summed E-state index contributed by atoms with van der Waals surface area (Å²) in [5, 5.41) is 0. The molecule has 0 fully saturated rings. The van der Waals surface area contributed by atoms with Crippen LogP contribution in [0, 0.1) is 0 Å². The van der Waals surface area contributed by atoms with E-state index in [2.05, 4.69) is 102 Å². The fraction of sp³-hybridized carbons (Fsp3) is 0.400. The molecule has 0 heteroatoms. The number of benzene rings is 3. The van der Waals surface area contributed by atoms with Gasteiger partial charge in [0.15, 0.2) is 0 Å². The Hall–Kier alpha value is -2.34. The highest BCUT2D eigenvalue weighted by atomic mass is 14.2. The summed E-state index contributed by atoms with van der Waals surface area (Å²) in [6.45, 7) is 13.9. The largest absolute Gasteiger partial charge is 0.0620 e. The van der Waals surface area contributed by atoms with Crippen LogP contribution in [0.3, 0.4) is 0 Å². The third-order valence-electron chi connectivity index (χ3n) is 6.69. The summed E-state index contributed by atoms with van der Waals surface area (Å²) >= 11 is 0. The summed E-state index contributed by atoms with van der Waals surface area (Å²) in [7, 11) is 0. The molecule has 0 saturated carbocycles. The zero-order chi connectivity index (χ0) is 21.5. The molecule has 0 nitrogen and oxygen atoms in total. The molecule has 0 amide bonds. The molecule has 156 valence electrons. The zero-order valence-corrected chi connectivity index (χ0v) is 19.6. The van der Waals surface area contributed by atoms with Gasteiger partial charge in [-0.15, -0.1) is 0 Å². The molecule has 3 aromatic carbocycles. The molecule has 30 heavy (non-hydrogen) atoms. The molecule has 4 rings (SSSR count). The monoisotopic (exact) mass is 396 g/mol. The van der Waals surface area contributed by atoms with Gasteiger partial charge in [-0.05, 0) is 81.0 Å². The predicted molar refractivity (Wildman–Crippen MR) is 130 cm³/mol. The Bertz CT molecular complexity index is 968. The molecule has 0 aliphatic heterocycles. The van der Waals surface area contributed by atoms with E-state index in [9.17, 15) is 0 Å². The zero-order valence-electron chi connectivity index (χ0n) is 19.6. The van der Waals surface area contributed by atoms with E-state index in [4.69, 9.17) is 0 Å². The van der Waals surface area contributed by atoms with Crippen LogP contribution in [-0.4, -0.2) is 0 Å². The molecule has 3 aromatic rings. The lowest BCUT2D eigenvalue weighted by Gasteiger charge is -2.25. The molecule has 0 unspecified atom stereocenters. The number of fused-ring (bicyclic) bond motifs is 3. The Morgan fingerprint density at radius 1 is 0.467 bits per heavy atom. The molecule has 0 N–H and O–H groups in total. The molecule has 1 aliphatic carbocycles. The SMILES string of the molecule is CC(C)(C)c1ccc2c(c1)Cc1ccccc1Cc1cc(C(C)(C)C)ccc1CC2. The van der Waals surface area contributed by atoms with Crippen molar-refractivity contribution in [3.63, 3.8) is 0 Å². The summed E-state index contributed by atoms with van der Waals surface area (Å²) in [6.07, 6.45) is 4.29. The first-order valence-corrected chi connectivity index (χ1v) is 11.4. The minimum absolute atomic E-state index is 0.180. The van der Waals surface area contributed by atoms with Gasteiger partial charge >= 0.3 is 0 Å². The maximum atomic E-state index is 2.47. The third-order valence-corrected chi connectivity index (χ3v) is 6.69. The molecular formula is C30H36. The second kappa shape index (κ2) is 7.73. The standard InChI is InChI=1S/C30H36/c1-29(2,3)27-15-13-21-11-12-22-14-16-28(30(4,5)6)20-26(22)18-24-10-8-7-9-23(24)17-25(21)19-27/h7-10,13-16,19-20H,11-12,17-18H2,1-6H3. The molecular weight excluding hydrogens is 360 g/mol. The first kappa shape index (κ1) is 20.9. The van der Waals surface area contributed by atoms with Crippen molar-refractivity contribution in [3.8, 4) is 0 Å². The van der Waals surface area contributed by atoms with E-state index in [0.717, 1.165) is 25.7 Å². The normalized spacial score (nSPS) is 14.5. The van der Waals surface area contributed by atoms with Gasteiger partial charge in [-0.3, -0.25) is 0 Å². The average molecular weight is 397 g/mol. The van der Waals surface area contributed by atoms with E-state index in [1.165, 1.54) is 44.5 Å². The van der Waals surface area contributed by atoms with Gasteiger partial charge < -0.3 is 0 Å². The van der Waals surface area contributed by atoms with Crippen molar-refractivity contribution < 1.29 is 0 Å². The Labute approximate surface area is 183 Å². The van der Waals surface area contributed by atoms with Crippen molar-refractivity contribution >= 4 is 0 Å². The summed E-state index contributed by atoms with van der Waals surface area (Å²) in [5.74, 6) is 0. The van der Waals surface area contributed by atoms with Crippen LogP contribution < -0.4 is 0 Å². The van der Waals surface area contributed by atoms with Gasteiger partial charge in [0, 0.05) is 0 Å². The number of hydrogen-bond acceptors (Lipinski definition) is 0. The minimum atomic E-state index is 0.180. The highest BCUT2D eigenvalue weighted by molar-refractivity contribution is 5.46. The first-order chi connectivity index (χ1) is 14.1. The van der Waals surface area contributed by atoms with Crippen LogP contribution in [0.1, 0.15) is 86.1 Å². The predicted octanol–water partition coefficient (Wildman–Crippen LogP) is 7.56. The Balaban J connectivity index is 1.84. The van der Waals surface area contributed by atoms with E-state index < -0.39 is 0 Å². The van der Waals surface area contributed by atoms with Crippen LogP contribution in [0.2, 0.25) is 0 Å². The molecule has 0 spiro atoms. The Morgan fingerprint density at radius 3 is 1.23 bits per heavy atom. The molecule has 0 aromatic heterocycles. The Kier molecular flexibility index (Phi) is 5.39. The molecule has 0 radical (unpaired) electrons. The van der Waals surface area contributed by atoms with Crippen LogP contribution >= 0.6 is 0 Å². The summed E-state index contributed by atoms with van der Waals surface area (Å²) in [4.78, 5) is 0. The van der Waals surface area contributed by atoms with Gasteiger partial charge in [-0.1, -0.05) is 102 Å². The van der Waals surface area contributed by atoms with Gasteiger partial charge in [0.25, 0.3) is 0 Å². The van der Waals surface area contributed by atoms with Crippen molar-refractivity contribution in [1.29, 1.82) is 0 Å². The first-order valence-electron chi connectivity index (χ1n) is 11.4. The van der Waals surface area contributed by atoms with Gasteiger partial charge in [-0.25, -0.2) is 0 Å². The molecule has 1 aliphatic rings. The van der Waals surface area contributed by atoms with Crippen LogP contribution in [-0.2, 0) is 36.5 Å². The lowest BCUT2D eigenvalue weighted by molar-refractivity contribution is 0.588. The van der Waals surface area contributed by atoms with Crippen molar-refractivity contribution in [3.05, 3.63) is 105 Å². The van der Waals surface area contributed by atoms with Crippen LogP contribution in [0.4, 0.5) is 0 Å². The van der Waals surface area contributed by atoms with Crippen molar-refractivity contribution in [1.82, 2.24) is 0 Å². The van der Waals surface area contributed by atoms with Gasteiger partial charge in [0.1, 0.15) is 0 Å². The molecule has 0 saturated heterocycles. The van der Waals surface area contributed by atoms with Crippen LogP contribution in [0.5, 0.6) is 0 Å². The van der Waals surface area contributed by atoms with E-state index in [1.807, 2.05) is 0 Å². The van der Waals surface area contributed by atoms with E-state index in [-0.39, 0.29) is 10.8 Å². The summed E-state index contributed by atoms with van der Waals surface area (Å²) in [5.41, 5.74) is 12.2. The maximum Gasteiger partial charge on any atom is -0.00201 e. The van der Waals surface area contributed by atoms with Gasteiger partial charge in [-0.2, -0.15) is 0 Å². The number of rotatable bonds is 0. The van der Waals surface area contributed by atoms with Gasteiger partial charge in [0.05, 0.1) is 0 Å². The lowest BCUT2D eigenvalue weighted by atomic mass is 9.80. The smallest absolute Gasteiger partial charge is 0.00201 e. The minimum Gasteiger partial charge on any atom is -0.0620 e. The number of hydrogen-bond donors (Lipinski definition) is 0. The van der Waals surface area contributed by atoms with Crippen molar-refractivity contribution in [2.45, 2.75) is 78.1 Å². The van der Waals surface area contributed by atoms with Crippen LogP contribution in [0.15, 0.2) is 60.7 Å². The lowest BCUT2D eigenvalue weighted by Crippen LogP contribution is -2.14. The molecule has 0 bridgehead atoms. The molecule has 0 atom stereocenters. The van der Waals surface area contributed by atoms with Gasteiger partial charge in [0.2, 0.25) is 0 Å². The maximum absolute atomic E-state index is 2.47. The number of aryl methyl sites for hydroxylation is 2. The van der Waals surface area contributed by atoms with Crippen molar-refractivity contribution in [2.75, 3.05) is 0 Å². The van der Waals surface area contributed by atoms with Crippen LogP contribution in [0.25, 0.3) is 0 Å². The average Bonchev–Trinajstić information content (AvgIpc) is 2.67. The quantitative estimate of drug-likeness (QED) is 0.368. The highest BCUT2D eigenvalue weighted by Crippen LogP contribution is 2.31. The molecule has 0 heterocycles. The van der Waals surface area contributed by atoms with E-state index in [0.29, 0.717) is 0 Å². The fourth-order valence-corrected chi connectivity index (χ4v) is 4.58. The van der Waals surface area contributed by atoms with Crippen molar-refractivity contribution in [2.24, 2.45) is 0 Å². The summed E-state index contributed by atoms with van der Waals surface area (Å²) < 4.78 is 0.